The first-order chi connectivity index (χ1) is 13.8. The second-order valence-corrected chi connectivity index (χ2v) is 6.75. The molecule has 1 aliphatic heterocycles. The molecular formula is C20H20N4O5. The van der Waals surface area contributed by atoms with Crippen LogP contribution in [-0.2, 0) is 22.4 Å². The van der Waals surface area contributed by atoms with Gasteiger partial charge in [0.05, 0.1) is 4.92 Å². The summed E-state index contributed by atoms with van der Waals surface area (Å²) in [6.07, 6.45) is 0.758. The van der Waals surface area contributed by atoms with E-state index in [9.17, 15) is 24.5 Å². The van der Waals surface area contributed by atoms with Gasteiger partial charge in [0.2, 0.25) is 5.91 Å². The zero-order chi connectivity index (χ0) is 21.0. The van der Waals surface area contributed by atoms with Gasteiger partial charge in [-0.1, -0.05) is 24.3 Å². The lowest BCUT2D eigenvalue weighted by atomic mass is 10.1. The number of benzene rings is 2. The summed E-state index contributed by atoms with van der Waals surface area (Å²) >= 11 is 0. The largest absolute Gasteiger partial charge is 0.326 e. The van der Waals surface area contributed by atoms with Crippen molar-refractivity contribution in [1.82, 2.24) is 10.2 Å². The molecule has 2 N–H and O–H groups in total. The summed E-state index contributed by atoms with van der Waals surface area (Å²) in [6.45, 7) is 1.67. The highest BCUT2D eigenvalue weighted by Gasteiger charge is 2.37. The van der Waals surface area contributed by atoms with Gasteiger partial charge in [0.25, 0.3) is 11.6 Å². The van der Waals surface area contributed by atoms with Crippen molar-refractivity contribution in [2.75, 3.05) is 11.9 Å². The second-order valence-electron chi connectivity index (χ2n) is 6.75. The van der Waals surface area contributed by atoms with E-state index in [1.807, 2.05) is 12.1 Å². The molecule has 2 aromatic carbocycles. The maximum Gasteiger partial charge on any atom is 0.324 e. The van der Waals surface area contributed by atoms with Crippen molar-refractivity contribution in [3.8, 4) is 0 Å². The first-order valence-corrected chi connectivity index (χ1v) is 9.05. The summed E-state index contributed by atoms with van der Waals surface area (Å²) in [5, 5.41) is 16.1. The molecule has 0 radical (unpaired) electrons. The highest BCUT2D eigenvalue weighted by Crippen LogP contribution is 2.17. The van der Waals surface area contributed by atoms with Crippen LogP contribution in [0.4, 0.5) is 16.2 Å². The number of nitrogens with zero attached hydrogens (tertiary/aromatic N) is 2. The molecule has 1 aliphatic rings. The number of nitro groups is 1. The van der Waals surface area contributed by atoms with Gasteiger partial charge in [-0.25, -0.2) is 4.79 Å². The number of rotatable bonds is 7. The molecule has 1 fully saturated rings. The number of imide groups is 1. The van der Waals surface area contributed by atoms with Gasteiger partial charge >= 0.3 is 6.03 Å². The van der Waals surface area contributed by atoms with Crippen molar-refractivity contribution in [2.45, 2.75) is 25.8 Å². The molecule has 9 heteroatoms. The lowest BCUT2D eigenvalue weighted by molar-refractivity contribution is -0.384. The third-order valence-electron chi connectivity index (χ3n) is 4.59. The van der Waals surface area contributed by atoms with Crippen LogP contribution in [0, 0.1) is 10.1 Å². The molecule has 150 valence electrons. The van der Waals surface area contributed by atoms with Crippen LogP contribution in [0.15, 0.2) is 48.5 Å². The molecule has 1 saturated heterocycles. The van der Waals surface area contributed by atoms with E-state index in [1.54, 1.807) is 24.3 Å². The molecule has 1 unspecified atom stereocenters. The number of hydrogen-bond donors (Lipinski definition) is 2. The third kappa shape index (κ3) is 4.95. The summed E-state index contributed by atoms with van der Waals surface area (Å²) in [6, 6.07) is 12.0. The van der Waals surface area contributed by atoms with Gasteiger partial charge in [0, 0.05) is 37.7 Å². The van der Waals surface area contributed by atoms with Gasteiger partial charge < -0.3 is 10.6 Å². The highest BCUT2D eigenvalue weighted by atomic mass is 16.6. The molecule has 1 heterocycles. The Labute approximate surface area is 166 Å². The predicted molar refractivity (Wildman–Crippen MR) is 105 cm³/mol. The number of hydrogen-bond acceptors (Lipinski definition) is 5. The van der Waals surface area contributed by atoms with Gasteiger partial charge in [-0.15, -0.1) is 0 Å². The number of carbonyl (C=O) groups excluding carboxylic acids is 3. The summed E-state index contributed by atoms with van der Waals surface area (Å²) in [7, 11) is 0. The monoisotopic (exact) mass is 396 g/mol. The third-order valence-corrected chi connectivity index (χ3v) is 4.59. The average molecular weight is 396 g/mol. The van der Waals surface area contributed by atoms with Gasteiger partial charge in [0.1, 0.15) is 6.04 Å². The Morgan fingerprint density at radius 1 is 1.10 bits per heavy atom. The standard InChI is InChI=1S/C20H20N4O5/c1-13(25)21-16-6-2-14(3-7-16)10-11-23-19(26)18(22-20(23)27)12-15-4-8-17(9-5-15)24(28)29/h2-9,18H,10-12H2,1H3,(H,21,25)(H,22,27). The first-order valence-electron chi connectivity index (χ1n) is 9.05. The number of non-ortho nitro benzene ring substituents is 1. The molecule has 0 aromatic heterocycles. The van der Waals surface area contributed by atoms with E-state index >= 15 is 0 Å². The molecule has 0 bridgehead atoms. The maximum atomic E-state index is 12.6. The number of anilines is 1. The topological polar surface area (TPSA) is 122 Å². The van der Waals surface area contributed by atoms with Crippen LogP contribution < -0.4 is 10.6 Å². The number of nitro benzene ring substituents is 1. The van der Waals surface area contributed by atoms with E-state index < -0.39 is 17.0 Å². The van der Waals surface area contributed by atoms with Crippen molar-refractivity contribution in [3.63, 3.8) is 0 Å². The average Bonchev–Trinajstić information content (AvgIpc) is 2.94. The fraction of sp³-hybridized carbons (Fsp3) is 0.250. The van der Waals surface area contributed by atoms with Crippen molar-refractivity contribution in [3.05, 3.63) is 69.8 Å². The van der Waals surface area contributed by atoms with Crippen LogP contribution in [0.3, 0.4) is 0 Å². The number of urea groups is 1. The first kappa shape index (κ1) is 20.0. The molecule has 1 atom stereocenters. The van der Waals surface area contributed by atoms with Crippen molar-refractivity contribution in [2.24, 2.45) is 0 Å². The Kier molecular flexibility index (Phi) is 5.87. The quantitative estimate of drug-likeness (QED) is 0.422. The van der Waals surface area contributed by atoms with Gasteiger partial charge in [-0.2, -0.15) is 0 Å². The molecule has 3 rings (SSSR count). The summed E-state index contributed by atoms with van der Waals surface area (Å²) < 4.78 is 0. The normalized spacial score (nSPS) is 15.9. The zero-order valence-electron chi connectivity index (χ0n) is 15.8. The maximum absolute atomic E-state index is 12.6. The van der Waals surface area contributed by atoms with Crippen LogP contribution >= 0.6 is 0 Å². The molecule has 0 aliphatic carbocycles. The van der Waals surface area contributed by atoms with Crippen LogP contribution in [0.25, 0.3) is 0 Å². The fourth-order valence-electron chi connectivity index (χ4n) is 3.12. The SMILES string of the molecule is CC(=O)Nc1ccc(CCN2C(=O)NC(Cc3ccc([N+](=O)[O-])cc3)C2=O)cc1. The van der Waals surface area contributed by atoms with Crippen molar-refractivity contribution >= 4 is 29.2 Å². The van der Waals surface area contributed by atoms with Crippen LogP contribution in [0.1, 0.15) is 18.1 Å². The summed E-state index contributed by atoms with van der Waals surface area (Å²) in [5.41, 5.74) is 2.31. The van der Waals surface area contributed by atoms with Crippen LogP contribution in [0.2, 0.25) is 0 Å². The van der Waals surface area contributed by atoms with E-state index in [2.05, 4.69) is 10.6 Å². The molecule has 9 nitrogen and oxygen atoms in total. The van der Waals surface area contributed by atoms with Crippen molar-refractivity contribution in [1.29, 1.82) is 0 Å². The number of amides is 4. The second kappa shape index (κ2) is 8.51. The van der Waals surface area contributed by atoms with Crippen molar-refractivity contribution < 1.29 is 19.3 Å². The number of carbonyl (C=O) groups is 3. The van der Waals surface area contributed by atoms with Gasteiger partial charge in [-0.3, -0.25) is 24.6 Å². The van der Waals surface area contributed by atoms with E-state index in [0.717, 1.165) is 11.1 Å². The minimum absolute atomic E-state index is 0.0262. The lowest BCUT2D eigenvalue weighted by Crippen LogP contribution is -2.33. The molecule has 0 spiro atoms. The lowest BCUT2D eigenvalue weighted by Gasteiger charge is -2.13. The molecule has 0 saturated carbocycles. The summed E-state index contributed by atoms with van der Waals surface area (Å²) in [4.78, 5) is 47.2. The minimum Gasteiger partial charge on any atom is -0.326 e. The Bertz CT molecular complexity index is 940. The van der Waals surface area contributed by atoms with Crippen LogP contribution in [-0.4, -0.2) is 40.3 Å². The Morgan fingerprint density at radius 3 is 2.31 bits per heavy atom. The fourth-order valence-corrected chi connectivity index (χ4v) is 3.12. The number of nitrogens with one attached hydrogen (secondary N) is 2. The molecule has 2 aromatic rings. The Balaban J connectivity index is 1.57. The minimum atomic E-state index is -0.689. The predicted octanol–water partition coefficient (Wildman–Crippen LogP) is 2.26. The summed E-state index contributed by atoms with van der Waals surface area (Å²) in [5.74, 6) is -0.473. The zero-order valence-corrected chi connectivity index (χ0v) is 15.8. The van der Waals surface area contributed by atoms with Crippen LogP contribution in [0.5, 0.6) is 0 Å². The van der Waals surface area contributed by atoms with Gasteiger partial charge in [-0.05, 0) is 29.7 Å². The highest BCUT2D eigenvalue weighted by molar-refractivity contribution is 6.04. The van der Waals surface area contributed by atoms with E-state index in [0.29, 0.717) is 12.1 Å². The smallest absolute Gasteiger partial charge is 0.324 e. The molecular weight excluding hydrogens is 376 g/mol. The Morgan fingerprint density at radius 2 is 1.72 bits per heavy atom. The van der Waals surface area contributed by atoms with E-state index in [4.69, 9.17) is 0 Å². The van der Waals surface area contributed by atoms with E-state index in [1.165, 1.54) is 24.0 Å². The molecule has 29 heavy (non-hydrogen) atoms. The van der Waals surface area contributed by atoms with E-state index in [-0.39, 0.29) is 30.5 Å². The molecule has 4 amide bonds. The Hall–Kier alpha value is -3.75. The van der Waals surface area contributed by atoms with Gasteiger partial charge in [0.15, 0.2) is 0 Å².